The van der Waals surface area contributed by atoms with Gasteiger partial charge in [0.1, 0.15) is 0 Å². The Morgan fingerprint density at radius 2 is 1.05 bits per heavy atom. The van der Waals surface area contributed by atoms with Gasteiger partial charge in [0.25, 0.3) is 0 Å². The number of hydrogen-bond donors (Lipinski definition) is 0. The average molecular weight is 326 g/mol. The normalized spacial score (nSPS) is 9.24. The van der Waals surface area contributed by atoms with Crippen molar-refractivity contribution in [3.8, 4) is 0 Å². The Kier molecular flexibility index (Phi) is 19.6. The van der Waals surface area contributed by atoms with Gasteiger partial charge in [-0.05, 0) is 26.0 Å². The molecule has 0 radical (unpaired) electrons. The van der Waals surface area contributed by atoms with Crippen molar-refractivity contribution in [3.63, 3.8) is 0 Å². The zero-order chi connectivity index (χ0) is 16.0. The molecule has 0 aliphatic rings. The van der Waals surface area contributed by atoms with Crippen molar-refractivity contribution < 1.29 is 38.9 Å². The summed E-state index contributed by atoms with van der Waals surface area (Å²) in [5.41, 5.74) is 0. The number of carbonyl (C=O) groups excluding carboxylic acids is 4. The molecule has 0 aliphatic carbocycles. The predicted molar refractivity (Wildman–Crippen MR) is 67.3 cm³/mol. The summed E-state index contributed by atoms with van der Waals surface area (Å²) in [6.45, 7) is 3.72. The molecule has 0 N–H and O–H groups in total. The number of carbonyl (C=O) groups is 4. The molecule has 9 heteroatoms. The average Bonchev–Trinajstić information content (AvgIpc) is 2.35. The molecule has 0 aliphatic heterocycles. The molecule has 0 aromatic rings. The fourth-order valence-corrected chi connectivity index (χ4v) is 0.653. The van der Waals surface area contributed by atoms with Gasteiger partial charge in [-0.2, -0.15) is 0 Å². The van der Waals surface area contributed by atoms with Gasteiger partial charge in [-0.3, -0.25) is 0 Å². The maximum absolute atomic E-state index is 10.3. The van der Waals surface area contributed by atoms with Crippen molar-refractivity contribution in [2.45, 2.75) is 13.8 Å². The Bertz CT molecular complexity index is 362. The minimum Gasteiger partial charge on any atom is -0.545 e. The first-order valence-electron chi connectivity index (χ1n) is 5.45. The fraction of sp³-hybridized carbons (Fsp3) is 0.333. The largest absolute Gasteiger partial charge is 2.00 e. The van der Waals surface area contributed by atoms with Crippen LogP contribution in [0.1, 0.15) is 13.8 Å². The summed E-state index contributed by atoms with van der Waals surface area (Å²) in [6, 6.07) is 0. The molecular formula is C12H14CaO8. The molecule has 0 spiro atoms. The molecule has 0 amide bonds. The summed E-state index contributed by atoms with van der Waals surface area (Å²) in [6.07, 6.45) is 2.85. The van der Waals surface area contributed by atoms with Crippen LogP contribution in [-0.2, 0) is 28.7 Å². The summed E-state index contributed by atoms with van der Waals surface area (Å²) >= 11 is 0. The molecule has 112 valence electrons. The van der Waals surface area contributed by atoms with Crippen LogP contribution in [0, 0.1) is 0 Å². The number of carboxylic acid groups (broad SMARTS) is 2. The first kappa shape index (κ1) is 24.6. The Morgan fingerprint density at radius 3 is 1.24 bits per heavy atom. The van der Waals surface area contributed by atoms with Crippen molar-refractivity contribution in [2.75, 3.05) is 13.2 Å². The minimum atomic E-state index is -1.41. The number of carboxylic acids is 2. The van der Waals surface area contributed by atoms with Crippen molar-refractivity contribution in [2.24, 2.45) is 0 Å². The van der Waals surface area contributed by atoms with Crippen LogP contribution in [-0.4, -0.2) is 74.8 Å². The summed E-state index contributed by atoms with van der Waals surface area (Å²) in [5.74, 6) is -4.17. The molecular weight excluding hydrogens is 312 g/mol. The third kappa shape index (κ3) is 24.1. The van der Waals surface area contributed by atoms with E-state index >= 15 is 0 Å². The summed E-state index contributed by atoms with van der Waals surface area (Å²) in [5, 5.41) is 19.4. The van der Waals surface area contributed by atoms with Crippen molar-refractivity contribution >= 4 is 61.6 Å². The van der Waals surface area contributed by atoms with E-state index in [0.29, 0.717) is 12.2 Å². The maximum Gasteiger partial charge on any atom is 2.00 e. The van der Waals surface area contributed by atoms with Crippen molar-refractivity contribution in [1.29, 1.82) is 0 Å². The van der Waals surface area contributed by atoms with E-state index in [1.54, 1.807) is 13.8 Å². The molecule has 0 rings (SSSR count). The third-order valence-electron chi connectivity index (χ3n) is 1.28. The van der Waals surface area contributed by atoms with E-state index in [4.69, 9.17) is 0 Å². The van der Waals surface area contributed by atoms with Crippen LogP contribution >= 0.6 is 0 Å². The molecule has 0 saturated heterocycles. The van der Waals surface area contributed by atoms with E-state index in [2.05, 4.69) is 9.47 Å². The Balaban J connectivity index is -0.000000295. The monoisotopic (exact) mass is 326 g/mol. The van der Waals surface area contributed by atoms with Gasteiger partial charge in [-0.15, -0.1) is 0 Å². The summed E-state index contributed by atoms with van der Waals surface area (Å²) in [7, 11) is 0. The fourth-order valence-electron chi connectivity index (χ4n) is 0.653. The molecule has 0 unspecified atom stereocenters. The topological polar surface area (TPSA) is 133 Å². The molecule has 8 nitrogen and oxygen atoms in total. The van der Waals surface area contributed by atoms with E-state index in [9.17, 15) is 29.4 Å². The van der Waals surface area contributed by atoms with E-state index in [1.165, 1.54) is 0 Å². The number of aliphatic carboxylic acids is 2. The van der Waals surface area contributed by atoms with Gasteiger partial charge in [0.15, 0.2) is 0 Å². The van der Waals surface area contributed by atoms with Gasteiger partial charge in [-0.1, -0.05) is 0 Å². The molecule has 0 heterocycles. The number of rotatable bonds is 6. The third-order valence-corrected chi connectivity index (χ3v) is 1.28. The van der Waals surface area contributed by atoms with Gasteiger partial charge in [-0.25, -0.2) is 9.59 Å². The summed E-state index contributed by atoms with van der Waals surface area (Å²) < 4.78 is 8.75. The minimum absolute atomic E-state index is 0. The van der Waals surface area contributed by atoms with Gasteiger partial charge in [0, 0.05) is 12.2 Å². The summed E-state index contributed by atoms with van der Waals surface area (Å²) in [4.78, 5) is 40.1. The Labute approximate surface area is 151 Å². The number of ether oxygens (including phenoxy) is 2. The Morgan fingerprint density at radius 1 is 0.762 bits per heavy atom. The van der Waals surface area contributed by atoms with Gasteiger partial charge < -0.3 is 29.3 Å². The molecule has 0 bridgehead atoms. The Hall–Kier alpha value is -1.38. The zero-order valence-electron chi connectivity index (χ0n) is 11.7. The van der Waals surface area contributed by atoms with E-state index in [1.807, 2.05) is 0 Å². The van der Waals surface area contributed by atoms with Gasteiger partial charge in [0.2, 0.25) is 0 Å². The molecule has 0 aromatic carbocycles. The van der Waals surface area contributed by atoms with Crippen LogP contribution in [0.15, 0.2) is 24.3 Å². The number of hydrogen-bond acceptors (Lipinski definition) is 8. The smallest absolute Gasteiger partial charge is 0.545 e. The van der Waals surface area contributed by atoms with Gasteiger partial charge in [0.05, 0.1) is 25.2 Å². The van der Waals surface area contributed by atoms with Crippen LogP contribution in [0.4, 0.5) is 0 Å². The van der Waals surface area contributed by atoms with Gasteiger partial charge >= 0.3 is 49.7 Å². The maximum atomic E-state index is 10.3. The molecule has 21 heavy (non-hydrogen) atoms. The SMILES string of the molecule is CCOC(=O)/C=C/C(=O)[O-].CCOC(=O)/C=C/C(=O)[O-].[Ca+2]. The molecule has 0 aromatic heterocycles. The van der Waals surface area contributed by atoms with E-state index in [0.717, 1.165) is 12.2 Å². The zero-order valence-corrected chi connectivity index (χ0v) is 13.9. The van der Waals surface area contributed by atoms with Crippen LogP contribution in [0.5, 0.6) is 0 Å². The molecule has 0 fully saturated rings. The second-order valence-electron chi connectivity index (χ2n) is 2.81. The first-order chi connectivity index (χ1) is 9.33. The van der Waals surface area contributed by atoms with Crippen molar-refractivity contribution in [1.82, 2.24) is 0 Å². The van der Waals surface area contributed by atoms with E-state index < -0.39 is 23.9 Å². The van der Waals surface area contributed by atoms with E-state index in [-0.39, 0.29) is 51.0 Å². The standard InChI is InChI=1S/2C6H8O4.Ca/c2*1-2-10-6(9)4-3-5(7)8;/h2*3-4H,2H2,1H3,(H,7,8);/q;;+2/p-2/b2*4-3+;. The predicted octanol–water partition coefficient (Wildman–Crippen LogP) is -2.67. The second kappa shape index (κ2) is 16.7. The second-order valence-corrected chi connectivity index (χ2v) is 2.81. The quantitative estimate of drug-likeness (QED) is 0.293. The van der Waals surface area contributed by atoms with Crippen LogP contribution in [0.2, 0.25) is 0 Å². The first-order valence-corrected chi connectivity index (χ1v) is 5.45. The van der Waals surface area contributed by atoms with Crippen LogP contribution in [0.25, 0.3) is 0 Å². The van der Waals surface area contributed by atoms with Crippen LogP contribution in [0.3, 0.4) is 0 Å². The molecule has 0 atom stereocenters. The van der Waals surface area contributed by atoms with Crippen LogP contribution < -0.4 is 10.2 Å². The number of esters is 2. The molecule has 0 saturated carbocycles. The van der Waals surface area contributed by atoms with Crippen molar-refractivity contribution in [3.05, 3.63) is 24.3 Å².